The lowest BCUT2D eigenvalue weighted by atomic mass is 9.84. The van der Waals surface area contributed by atoms with Crippen molar-refractivity contribution < 1.29 is 39.0 Å². The maximum atomic E-state index is 13.4. The molecule has 2 rings (SSSR count). The number of hydrogen-bond acceptors (Lipinski definition) is 6. The molecule has 0 heterocycles. The maximum Gasteiger partial charge on any atom is 0.335 e. The van der Waals surface area contributed by atoms with Gasteiger partial charge < -0.3 is 31.9 Å². The van der Waals surface area contributed by atoms with Crippen LogP contribution in [0, 0.1) is 11.8 Å². The van der Waals surface area contributed by atoms with E-state index >= 15 is 0 Å². The summed E-state index contributed by atoms with van der Waals surface area (Å²) in [5, 5.41) is 26.1. The molecule has 1 aliphatic rings. The number of nitrogens with one attached hydrogen (secondary N) is 3. The molecule has 214 valence electrons. The van der Waals surface area contributed by atoms with Crippen molar-refractivity contribution in [2.75, 3.05) is 0 Å². The minimum atomic E-state index is -1.52. The molecule has 0 unspecified atom stereocenters. The fourth-order valence-electron chi connectivity index (χ4n) is 4.67. The summed E-state index contributed by atoms with van der Waals surface area (Å²) in [6.45, 7) is 3.65. The number of benzene rings is 1. The second-order valence-corrected chi connectivity index (χ2v) is 10.4. The minimum Gasteiger partial charge on any atom is -0.481 e. The van der Waals surface area contributed by atoms with Gasteiger partial charge in [0.1, 0.15) is 18.1 Å². The first-order valence-corrected chi connectivity index (χ1v) is 13.1. The second kappa shape index (κ2) is 14.8. The van der Waals surface area contributed by atoms with Crippen LogP contribution in [0.1, 0.15) is 85.9 Å². The van der Waals surface area contributed by atoms with E-state index in [0.29, 0.717) is 0 Å². The van der Waals surface area contributed by atoms with Crippen LogP contribution in [0.2, 0.25) is 0 Å². The Morgan fingerprint density at radius 2 is 1.46 bits per heavy atom. The van der Waals surface area contributed by atoms with Gasteiger partial charge in [-0.15, -0.1) is 0 Å². The summed E-state index contributed by atoms with van der Waals surface area (Å²) in [7, 11) is 0. The highest BCUT2D eigenvalue weighted by Crippen LogP contribution is 2.27. The predicted molar refractivity (Wildman–Crippen MR) is 141 cm³/mol. The van der Waals surface area contributed by atoms with Gasteiger partial charge in [-0.3, -0.25) is 24.0 Å². The summed E-state index contributed by atoms with van der Waals surface area (Å²) in [5.74, 6) is -5.55. The maximum absolute atomic E-state index is 13.4. The standard InChI is InChI=1S/C27H38N4O8/c1-15(2)11-19(23(28)34)29-26(37)21(14-22(32)33)31-25(36)20(12-16-7-4-3-5-8-16)30-24(35)17-9-6-10-18(13-17)27(38)39/h6,9-10,13,15-16,19-21H,3-5,7-8,11-12,14H2,1-2H3,(H2,28,34)(H,29,37)(H,30,35)(H,31,36)(H,32,33)(H,38,39)/t19-,20-,21-/m0/s1. The van der Waals surface area contributed by atoms with Crippen molar-refractivity contribution in [1.29, 1.82) is 0 Å². The van der Waals surface area contributed by atoms with E-state index in [1.54, 1.807) is 0 Å². The zero-order valence-electron chi connectivity index (χ0n) is 22.3. The van der Waals surface area contributed by atoms with Gasteiger partial charge in [-0.05, 0) is 42.9 Å². The van der Waals surface area contributed by atoms with Gasteiger partial charge in [0.2, 0.25) is 17.7 Å². The van der Waals surface area contributed by atoms with E-state index in [9.17, 15) is 39.0 Å². The van der Waals surface area contributed by atoms with E-state index in [-0.39, 0.29) is 35.8 Å². The third-order valence-corrected chi connectivity index (χ3v) is 6.67. The van der Waals surface area contributed by atoms with Gasteiger partial charge in [0, 0.05) is 5.56 Å². The second-order valence-electron chi connectivity index (χ2n) is 10.4. The molecule has 1 saturated carbocycles. The van der Waals surface area contributed by atoms with E-state index in [4.69, 9.17) is 5.73 Å². The molecule has 0 saturated heterocycles. The molecule has 1 aromatic carbocycles. The Kier molecular flexibility index (Phi) is 11.9. The Bertz CT molecular complexity index is 1070. The number of carbonyl (C=O) groups excluding carboxylic acids is 4. The Morgan fingerprint density at radius 3 is 2.03 bits per heavy atom. The summed E-state index contributed by atoms with van der Waals surface area (Å²) in [6.07, 6.45) is 4.45. The van der Waals surface area contributed by atoms with Gasteiger partial charge >= 0.3 is 11.9 Å². The summed E-state index contributed by atoms with van der Waals surface area (Å²) >= 11 is 0. The SMILES string of the molecule is CC(C)C[C@H](NC(=O)[C@H](CC(=O)O)NC(=O)[C@H](CC1CCCCC1)NC(=O)c1cccc(C(=O)O)c1)C(N)=O. The number of aliphatic carboxylic acids is 1. The number of carbonyl (C=O) groups is 6. The fraction of sp³-hybridized carbons (Fsp3) is 0.556. The van der Waals surface area contributed by atoms with Crippen LogP contribution in [0.15, 0.2) is 24.3 Å². The number of amides is 4. The zero-order valence-corrected chi connectivity index (χ0v) is 22.3. The van der Waals surface area contributed by atoms with Crippen LogP contribution in [0.5, 0.6) is 0 Å². The molecule has 12 nitrogen and oxygen atoms in total. The van der Waals surface area contributed by atoms with Crippen molar-refractivity contribution in [2.45, 2.75) is 83.3 Å². The Balaban J connectivity index is 2.25. The third-order valence-electron chi connectivity index (χ3n) is 6.67. The predicted octanol–water partition coefficient (Wildman–Crippen LogP) is 1.43. The Morgan fingerprint density at radius 1 is 0.872 bits per heavy atom. The molecule has 0 aromatic heterocycles. The lowest BCUT2D eigenvalue weighted by molar-refractivity contribution is -0.141. The van der Waals surface area contributed by atoms with Crippen LogP contribution in [0.3, 0.4) is 0 Å². The first kappa shape index (κ1) is 31.3. The highest BCUT2D eigenvalue weighted by Gasteiger charge is 2.32. The number of nitrogens with two attached hydrogens (primary N) is 1. The number of primary amides is 1. The number of aromatic carboxylic acids is 1. The molecule has 1 fully saturated rings. The van der Waals surface area contributed by atoms with Crippen LogP contribution >= 0.6 is 0 Å². The highest BCUT2D eigenvalue weighted by atomic mass is 16.4. The zero-order chi connectivity index (χ0) is 29.1. The molecular formula is C27H38N4O8. The lowest BCUT2D eigenvalue weighted by Crippen LogP contribution is -2.57. The number of hydrogen-bond donors (Lipinski definition) is 6. The van der Waals surface area contributed by atoms with Crippen LogP contribution < -0.4 is 21.7 Å². The summed E-state index contributed by atoms with van der Waals surface area (Å²) in [5.41, 5.74) is 5.32. The molecule has 3 atom stereocenters. The van der Waals surface area contributed by atoms with Crippen LogP contribution in [0.4, 0.5) is 0 Å². The summed E-state index contributed by atoms with van der Waals surface area (Å²) < 4.78 is 0. The minimum absolute atomic E-state index is 0.00466. The van der Waals surface area contributed by atoms with Gasteiger partial charge in [0.25, 0.3) is 5.91 Å². The Hall–Kier alpha value is -3.96. The summed E-state index contributed by atoms with van der Waals surface area (Å²) in [6, 6.07) is 1.66. The monoisotopic (exact) mass is 546 g/mol. The average Bonchev–Trinajstić information content (AvgIpc) is 2.87. The van der Waals surface area contributed by atoms with Crippen molar-refractivity contribution in [3.05, 3.63) is 35.4 Å². The molecule has 0 aliphatic heterocycles. The van der Waals surface area contributed by atoms with Crippen molar-refractivity contribution in [3.63, 3.8) is 0 Å². The first-order chi connectivity index (χ1) is 18.4. The van der Waals surface area contributed by atoms with E-state index in [1.807, 2.05) is 13.8 Å². The highest BCUT2D eigenvalue weighted by molar-refractivity contribution is 6.00. The molecule has 0 radical (unpaired) electrons. The number of carboxylic acids is 2. The molecule has 1 aromatic rings. The number of carboxylic acid groups (broad SMARTS) is 2. The normalized spacial score (nSPS) is 16.0. The average molecular weight is 547 g/mol. The molecule has 0 bridgehead atoms. The molecule has 1 aliphatic carbocycles. The van der Waals surface area contributed by atoms with E-state index < -0.39 is 60.1 Å². The molecule has 39 heavy (non-hydrogen) atoms. The molecule has 12 heteroatoms. The van der Waals surface area contributed by atoms with Gasteiger partial charge in [-0.1, -0.05) is 52.0 Å². The van der Waals surface area contributed by atoms with Gasteiger partial charge in [-0.25, -0.2) is 4.79 Å². The number of rotatable bonds is 14. The quantitative estimate of drug-likeness (QED) is 0.201. The van der Waals surface area contributed by atoms with Gasteiger partial charge in [0.05, 0.1) is 12.0 Å². The Labute approximate surface area is 227 Å². The van der Waals surface area contributed by atoms with E-state index in [2.05, 4.69) is 16.0 Å². The topological polar surface area (TPSA) is 205 Å². The molecule has 7 N–H and O–H groups in total. The van der Waals surface area contributed by atoms with Crippen LogP contribution in [-0.2, 0) is 19.2 Å². The van der Waals surface area contributed by atoms with E-state index in [0.717, 1.165) is 32.1 Å². The lowest BCUT2D eigenvalue weighted by Gasteiger charge is -2.28. The molecule has 0 spiro atoms. The molecular weight excluding hydrogens is 508 g/mol. The van der Waals surface area contributed by atoms with Crippen molar-refractivity contribution in [3.8, 4) is 0 Å². The van der Waals surface area contributed by atoms with Crippen molar-refractivity contribution in [2.24, 2.45) is 17.6 Å². The van der Waals surface area contributed by atoms with E-state index in [1.165, 1.54) is 24.3 Å². The third kappa shape index (κ3) is 10.4. The molecule has 4 amide bonds. The van der Waals surface area contributed by atoms with Crippen molar-refractivity contribution in [1.82, 2.24) is 16.0 Å². The fourth-order valence-corrected chi connectivity index (χ4v) is 4.67. The summed E-state index contributed by atoms with van der Waals surface area (Å²) in [4.78, 5) is 73.9. The van der Waals surface area contributed by atoms with Gasteiger partial charge in [0.15, 0.2) is 0 Å². The smallest absolute Gasteiger partial charge is 0.335 e. The van der Waals surface area contributed by atoms with Crippen molar-refractivity contribution >= 4 is 35.6 Å². The largest absolute Gasteiger partial charge is 0.481 e. The van der Waals surface area contributed by atoms with Crippen LogP contribution in [0.25, 0.3) is 0 Å². The van der Waals surface area contributed by atoms with Crippen LogP contribution in [-0.4, -0.2) is 63.9 Å². The van der Waals surface area contributed by atoms with Gasteiger partial charge in [-0.2, -0.15) is 0 Å². The first-order valence-electron chi connectivity index (χ1n) is 13.1.